The summed E-state index contributed by atoms with van der Waals surface area (Å²) in [6.45, 7) is 5.36. The van der Waals surface area contributed by atoms with E-state index >= 15 is 0 Å². The van der Waals surface area contributed by atoms with Crippen LogP contribution >= 0.6 is 11.3 Å². The molecule has 3 aromatic rings. The Kier molecular flexibility index (Phi) is 4.20. The Bertz CT molecular complexity index is 713. The fraction of sp³-hybridized carbons (Fsp3) is 0.278. The monoisotopic (exact) mass is 296 g/mol. The van der Waals surface area contributed by atoms with Gasteiger partial charge in [-0.3, -0.25) is 0 Å². The fourth-order valence-electron chi connectivity index (χ4n) is 2.43. The van der Waals surface area contributed by atoms with Crippen LogP contribution in [0.5, 0.6) is 0 Å². The lowest BCUT2D eigenvalue weighted by atomic mass is 10.0. The van der Waals surface area contributed by atoms with Gasteiger partial charge in [0.15, 0.2) is 0 Å². The van der Waals surface area contributed by atoms with Crippen LogP contribution in [0.15, 0.2) is 48.0 Å². The SMILES string of the molecule is CC(C)Cc1ccc(CNc2ccc3ncsc3c2)cc1. The minimum atomic E-state index is 0.708. The number of hydrogen-bond acceptors (Lipinski definition) is 3. The van der Waals surface area contributed by atoms with E-state index in [1.54, 1.807) is 11.3 Å². The molecule has 2 aromatic carbocycles. The standard InChI is InChI=1S/C18H20N2S/c1-13(2)9-14-3-5-15(6-4-14)11-19-16-7-8-17-18(10-16)21-12-20-17/h3-8,10,12-13,19H,9,11H2,1-2H3. The summed E-state index contributed by atoms with van der Waals surface area (Å²) in [6, 6.07) is 15.2. The van der Waals surface area contributed by atoms with E-state index < -0.39 is 0 Å². The van der Waals surface area contributed by atoms with E-state index in [0.717, 1.165) is 24.2 Å². The van der Waals surface area contributed by atoms with Crippen LogP contribution < -0.4 is 5.32 Å². The second-order valence-electron chi connectivity index (χ2n) is 5.80. The zero-order chi connectivity index (χ0) is 14.7. The molecule has 0 aliphatic rings. The van der Waals surface area contributed by atoms with Crippen LogP contribution in [0.25, 0.3) is 10.2 Å². The summed E-state index contributed by atoms with van der Waals surface area (Å²) in [5.41, 5.74) is 6.84. The molecule has 2 nitrogen and oxygen atoms in total. The van der Waals surface area contributed by atoms with Crippen molar-refractivity contribution in [3.05, 3.63) is 59.1 Å². The van der Waals surface area contributed by atoms with E-state index in [0.29, 0.717) is 5.92 Å². The molecule has 0 saturated carbocycles. The molecule has 0 aliphatic carbocycles. The van der Waals surface area contributed by atoms with Crippen LogP contribution in [0, 0.1) is 5.92 Å². The van der Waals surface area contributed by atoms with Gasteiger partial charge in [0.05, 0.1) is 15.7 Å². The number of thiazole rings is 1. The van der Waals surface area contributed by atoms with Gasteiger partial charge in [0.25, 0.3) is 0 Å². The molecular formula is C18H20N2S. The first-order valence-corrected chi connectivity index (χ1v) is 8.23. The molecule has 3 rings (SSSR count). The number of fused-ring (bicyclic) bond motifs is 1. The van der Waals surface area contributed by atoms with Crippen molar-refractivity contribution < 1.29 is 0 Å². The molecule has 0 bridgehead atoms. The zero-order valence-electron chi connectivity index (χ0n) is 12.5. The highest BCUT2D eigenvalue weighted by molar-refractivity contribution is 7.16. The summed E-state index contributed by atoms with van der Waals surface area (Å²) < 4.78 is 1.23. The minimum absolute atomic E-state index is 0.708. The molecule has 108 valence electrons. The summed E-state index contributed by atoms with van der Waals surface area (Å²) in [5, 5.41) is 3.48. The van der Waals surface area contributed by atoms with Crippen LogP contribution in [0.4, 0.5) is 5.69 Å². The van der Waals surface area contributed by atoms with Gasteiger partial charge in [0, 0.05) is 12.2 Å². The maximum absolute atomic E-state index is 4.30. The van der Waals surface area contributed by atoms with Crippen LogP contribution in [-0.2, 0) is 13.0 Å². The second kappa shape index (κ2) is 6.27. The molecule has 0 unspecified atom stereocenters. The van der Waals surface area contributed by atoms with Gasteiger partial charge in [0.2, 0.25) is 0 Å². The summed E-state index contributed by atoms with van der Waals surface area (Å²) in [7, 11) is 0. The highest BCUT2D eigenvalue weighted by atomic mass is 32.1. The molecule has 0 aliphatic heterocycles. The summed E-state index contributed by atoms with van der Waals surface area (Å²) in [5.74, 6) is 0.708. The van der Waals surface area contributed by atoms with Crippen molar-refractivity contribution >= 4 is 27.2 Å². The van der Waals surface area contributed by atoms with Crippen molar-refractivity contribution in [2.75, 3.05) is 5.32 Å². The molecule has 21 heavy (non-hydrogen) atoms. The average Bonchev–Trinajstić information content (AvgIpc) is 2.93. The quantitative estimate of drug-likeness (QED) is 0.708. The summed E-state index contributed by atoms with van der Waals surface area (Å²) in [6.07, 6.45) is 1.15. The van der Waals surface area contributed by atoms with Gasteiger partial charge in [-0.15, -0.1) is 11.3 Å². The first-order chi connectivity index (χ1) is 10.2. The summed E-state index contributed by atoms with van der Waals surface area (Å²) in [4.78, 5) is 4.30. The average molecular weight is 296 g/mol. The smallest absolute Gasteiger partial charge is 0.0813 e. The van der Waals surface area contributed by atoms with Gasteiger partial charge in [-0.1, -0.05) is 38.1 Å². The highest BCUT2D eigenvalue weighted by Gasteiger charge is 2.00. The van der Waals surface area contributed by atoms with Gasteiger partial charge in [-0.05, 0) is 41.7 Å². The molecule has 1 N–H and O–H groups in total. The number of benzene rings is 2. The second-order valence-corrected chi connectivity index (χ2v) is 6.69. The third-order valence-corrected chi connectivity index (χ3v) is 4.29. The number of nitrogens with one attached hydrogen (secondary N) is 1. The fourth-order valence-corrected chi connectivity index (χ4v) is 3.15. The normalized spacial score (nSPS) is 11.2. The van der Waals surface area contributed by atoms with Gasteiger partial charge in [-0.2, -0.15) is 0 Å². The van der Waals surface area contributed by atoms with E-state index in [9.17, 15) is 0 Å². The zero-order valence-corrected chi connectivity index (χ0v) is 13.3. The van der Waals surface area contributed by atoms with E-state index in [-0.39, 0.29) is 0 Å². The predicted molar refractivity (Wildman–Crippen MR) is 91.9 cm³/mol. The van der Waals surface area contributed by atoms with E-state index in [4.69, 9.17) is 0 Å². The molecule has 0 saturated heterocycles. The van der Waals surface area contributed by atoms with Crippen LogP contribution in [0.1, 0.15) is 25.0 Å². The van der Waals surface area contributed by atoms with E-state index in [1.165, 1.54) is 15.8 Å². The molecule has 0 spiro atoms. The molecule has 1 heterocycles. The third-order valence-electron chi connectivity index (χ3n) is 3.49. The topological polar surface area (TPSA) is 24.9 Å². The molecular weight excluding hydrogens is 276 g/mol. The van der Waals surface area contributed by atoms with Gasteiger partial charge in [-0.25, -0.2) is 4.98 Å². The maximum Gasteiger partial charge on any atom is 0.0813 e. The molecule has 1 aromatic heterocycles. The van der Waals surface area contributed by atoms with Gasteiger partial charge in [0.1, 0.15) is 0 Å². The van der Waals surface area contributed by atoms with Crippen molar-refractivity contribution in [3.8, 4) is 0 Å². The third kappa shape index (κ3) is 3.61. The maximum atomic E-state index is 4.30. The van der Waals surface area contributed by atoms with Crippen molar-refractivity contribution in [1.82, 2.24) is 4.98 Å². The minimum Gasteiger partial charge on any atom is -0.381 e. The molecule has 0 radical (unpaired) electrons. The van der Waals surface area contributed by atoms with Crippen molar-refractivity contribution in [3.63, 3.8) is 0 Å². The number of aromatic nitrogens is 1. The molecule has 0 fully saturated rings. The summed E-state index contributed by atoms with van der Waals surface area (Å²) >= 11 is 1.68. The highest BCUT2D eigenvalue weighted by Crippen LogP contribution is 2.22. The van der Waals surface area contributed by atoms with Gasteiger partial charge >= 0.3 is 0 Å². The number of nitrogens with zero attached hydrogens (tertiary/aromatic N) is 1. The largest absolute Gasteiger partial charge is 0.381 e. The van der Waals surface area contributed by atoms with Crippen LogP contribution in [0.2, 0.25) is 0 Å². The molecule has 0 amide bonds. The van der Waals surface area contributed by atoms with Crippen molar-refractivity contribution in [2.24, 2.45) is 5.92 Å². The van der Waals surface area contributed by atoms with Crippen molar-refractivity contribution in [2.45, 2.75) is 26.8 Å². The lowest BCUT2D eigenvalue weighted by Crippen LogP contribution is -2.00. The Morgan fingerprint density at radius 1 is 1.05 bits per heavy atom. The molecule has 0 atom stereocenters. The predicted octanol–water partition coefficient (Wildman–Crippen LogP) is 5.11. The number of rotatable bonds is 5. The van der Waals surface area contributed by atoms with Crippen LogP contribution in [-0.4, -0.2) is 4.98 Å². The van der Waals surface area contributed by atoms with Gasteiger partial charge < -0.3 is 5.32 Å². The first kappa shape index (κ1) is 14.1. The number of hydrogen-bond donors (Lipinski definition) is 1. The Morgan fingerprint density at radius 2 is 1.81 bits per heavy atom. The Hall–Kier alpha value is -1.87. The Balaban J connectivity index is 1.63. The van der Waals surface area contributed by atoms with Crippen molar-refractivity contribution in [1.29, 1.82) is 0 Å². The Morgan fingerprint density at radius 3 is 2.57 bits per heavy atom. The van der Waals surface area contributed by atoms with Crippen LogP contribution in [0.3, 0.4) is 0 Å². The van der Waals surface area contributed by atoms with E-state index in [1.807, 2.05) is 5.51 Å². The first-order valence-electron chi connectivity index (χ1n) is 7.35. The molecule has 3 heteroatoms. The number of anilines is 1. The lowest BCUT2D eigenvalue weighted by molar-refractivity contribution is 0.647. The van der Waals surface area contributed by atoms with E-state index in [2.05, 4.69) is 66.6 Å². The lowest BCUT2D eigenvalue weighted by Gasteiger charge is -2.09. The Labute approximate surface area is 129 Å².